The lowest BCUT2D eigenvalue weighted by Crippen LogP contribution is -2.23. The van der Waals surface area contributed by atoms with Gasteiger partial charge in [-0.15, -0.1) is 0 Å². The Kier molecular flexibility index (Phi) is 4.49. The molecule has 5 nitrogen and oxygen atoms in total. The summed E-state index contributed by atoms with van der Waals surface area (Å²) in [5.74, 6) is 1.36. The van der Waals surface area contributed by atoms with E-state index in [1.165, 1.54) is 11.1 Å². The zero-order chi connectivity index (χ0) is 14.7. The Morgan fingerprint density at radius 1 is 1.20 bits per heavy atom. The van der Waals surface area contributed by atoms with Crippen LogP contribution in [0.1, 0.15) is 47.2 Å². The van der Waals surface area contributed by atoms with Gasteiger partial charge in [-0.25, -0.2) is 0 Å². The van der Waals surface area contributed by atoms with Crippen molar-refractivity contribution in [3.63, 3.8) is 0 Å². The van der Waals surface area contributed by atoms with E-state index in [1.807, 2.05) is 6.92 Å². The van der Waals surface area contributed by atoms with Crippen LogP contribution in [0.2, 0.25) is 0 Å². The highest BCUT2D eigenvalue weighted by Gasteiger charge is 2.13. The van der Waals surface area contributed by atoms with Crippen LogP contribution in [-0.2, 0) is 6.42 Å². The molecule has 0 spiro atoms. The number of rotatable bonds is 5. The highest BCUT2D eigenvalue weighted by Crippen LogP contribution is 2.21. The topological polar surface area (TPSA) is 63.8 Å². The maximum atomic E-state index is 4.96. The van der Waals surface area contributed by atoms with E-state index in [-0.39, 0.29) is 6.04 Å². The molecule has 2 heterocycles. The Morgan fingerprint density at radius 3 is 2.55 bits per heavy atom. The van der Waals surface area contributed by atoms with Crippen LogP contribution in [0.15, 0.2) is 10.6 Å². The van der Waals surface area contributed by atoms with Crippen molar-refractivity contribution in [2.75, 3.05) is 6.54 Å². The summed E-state index contributed by atoms with van der Waals surface area (Å²) >= 11 is 0. The minimum Gasteiger partial charge on any atom is -0.340 e. The summed E-state index contributed by atoms with van der Waals surface area (Å²) in [5, 5.41) is 7.39. The number of hydrogen-bond acceptors (Lipinski definition) is 5. The number of nitrogens with one attached hydrogen (secondary N) is 1. The Morgan fingerprint density at radius 2 is 1.95 bits per heavy atom. The van der Waals surface area contributed by atoms with Gasteiger partial charge in [0.1, 0.15) is 0 Å². The second kappa shape index (κ2) is 6.13. The minimum atomic E-state index is 0.260. The average molecular weight is 274 g/mol. The summed E-state index contributed by atoms with van der Waals surface area (Å²) in [6.07, 6.45) is 0.763. The highest BCUT2D eigenvalue weighted by atomic mass is 16.5. The van der Waals surface area contributed by atoms with E-state index in [0.29, 0.717) is 5.89 Å². The van der Waals surface area contributed by atoms with Gasteiger partial charge in [-0.3, -0.25) is 4.98 Å². The second-order valence-corrected chi connectivity index (χ2v) is 5.24. The predicted octanol–water partition coefficient (Wildman–Crippen LogP) is 2.59. The fourth-order valence-electron chi connectivity index (χ4n) is 2.63. The fraction of sp³-hybridized carbons (Fsp3) is 0.533. The predicted molar refractivity (Wildman–Crippen MR) is 77.6 cm³/mol. The lowest BCUT2D eigenvalue weighted by molar-refractivity contribution is 0.386. The highest BCUT2D eigenvalue weighted by molar-refractivity contribution is 5.33. The molecular weight excluding hydrogens is 252 g/mol. The minimum absolute atomic E-state index is 0.260. The second-order valence-electron chi connectivity index (χ2n) is 5.24. The van der Waals surface area contributed by atoms with Crippen LogP contribution in [-0.4, -0.2) is 21.7 Å². The zero-order valence-corrected chi connectivity index (χ0v) is 12.8. The third kappa shape index (κ3) is 3.42. The fourth-order valence-corrected chi connectivity index (χ4v) is 2.63. The molecule has 0 aliphatic rings. The molecule has 20 heavy (non-hydrogen) atoms. The summed E-state index contributed by atoms with van der Waals surface area (Å²) in [7, 11) is 0. The van der Waals surface area contributed by atoms with Crippen LogP contribution in [0.5, 0.6) is 0 Å². The molecule has 2 aromatic heterocycles. The van der Waals surface area contributed by atoms with Gasteiger partial charge in [-0.1, -0.05) is 5.16 Å². The quantitative estimate of drug-likeness (QED) is 0.908. The van der Waals surface area contributed by atoms with Gasteiger partial charge in [0.2, 0.25) is 5.89 Å². The molecule has 0 bridgehead atoms. The van der Waals surface area contributed by atoms with Crippen molar-refractivity contribution in [2.45, 2.75) is 47.1 Å². The van der Waals surface area contributed by atoms with Gasteiger partial charge in [0.25, 0.3) is 0 Å². The Hall–Kier alpha value is -1.75. The van der Waals surface area contributed by atoms with Crippen molar-refractivity contribution < 1.29 is 4.52 Å². The molecule has 0 aromatic carbocycles. The Balaban J connectivity index is 1.96. The summed E-state index contributed by atoms with van der Waals surface area (Å²) < 4.78 is 4.96. The van der Waals surface area contributed by atoms with E-state index in [1.54, 1.807) is 6.92 Å². The first-order valence-corrected chi connectivity index (χ1v) is 6.94. The standard InChI is InChI=1S/C15H22N4O/c1-9-8-10(2)17-12(4)15(9)11(3)16-7-6-14-18-13(5)20-19-14/h8,11,16H,6-7H2,1-5H3. The molecule has 1 N–H and O–H groups in total. The van der Waals surface area contributed by atoms with Gasteiger partial charge >= 0.3 is 0 Å². The zero-order valence-electron chi connectivity index (χ0n) is 12.8. The first-order chi connectivity index (χ1) is 9.47. The number of nitrogens with zero attached hydrogens (tertiary/aromatic N) is 3. The summed E-state index contributed by atoms with van der Waals surface area (Å²) in [6, 6.07) is 2.39. The van der Waals surface area contributed by atoms with Crippen molar-refractivity contribution >= 4 is 0 Å². The van der Waals surface area contributed by atoms with Crippen molar-refractivity contribution in [2.24, 2.45) is 0 Å². The summed E-state index contributed by atoms with van der Waals surface area (Å²) in [5.41, 5.74) is 4.72. The molecule has 108 valence electrons. The molecule has 2 rings (SSSR count). The van der Waals surface area contributed by atoms with Crippen LogP contribution in [0, 0.1) is 27.7 Å². The molecule has 0 fully saturated rings. The molecule has 0 saturated carbocycles. The molecule has 1 unspecified atom stereocenters. The number of pyridine rings is 1. The van der Waals surface area contributed by atoms with Crippen LogP contribution in [0.25, 0.3) is 0 Å². The molecule has 0 saturated heterocycles. The van der Waals surface area contributed by atoms with E-state index in [2.05, 4.69) is 47.3 Å². The third-order valence-corrected chi connectivity index (χ3v) is 3.39. The number of aryl methyl sites for hydroxylation is 4. The molecule has 0 radical (unpaired) electrons. The maximum Gasteiger partial charge on any atom is 0.223 e. The molecule has 5 heteroatoms. The van der Waals surface area contributed by atoms with Crippen molar-refractivity contribution in [3.05, 3.63) is 40.3 Å². The Bertz CT molecular complexity index is 568. The van der Waals surface area contributed by atoms with Crippen molar-refractivity contribution in [1.29, 1.82) is 0 Å². The number of aromatic nitrogens is 3. The van der Waals surface area contributed by atoms with Gasteiger partial charge in [0, 0.05) is 37.3 Å². The van der Waals surface area contributed by atoms with E-state index in [0.717, 1.165) is 30.2 Å². The van der Waals surface area contributed by atoms with Gasteiger partial charge in [0.05, 0.1) is 0 Å². The molecular formula is C15H22N4O. The van der Waals surface area contributed by atoms with E-state index in [4.69, 9.17) is 4.52 Å². The molecule has 0 aliphatic heterocycles. The van der Waals surface area contributed by atoms with Gasteiger partial charge in [0.15, 0.2) is 5.82 Å². The summed E-state index contributed by atoms with van der Waals surface area (Å²) in [6.45, 7) is 11.0. The molecule has 1 atom stereocenters. The van der Waals surface area contributed by atoms with Crippen LogP contribution in [0.4, 0.5) is 0 Å². The SMILES string of the molecule is Cc1cc(C)c(C(C)NCCc2noc(C)n2)c(C)n1. The van der Waals surface area contributed by atoms with Crippen molar-refractivity contribution in [3.8, 4) is 0 Å². The normalized spacial score (nSPS) is 12.7. The van der Waals surface area contributed by atoms with Crippen LogP contribution in [0.3, 0.4) is 0 Å². The van der Waals surface area contributed by atoms with Gasteiger partial charge in [-0.2, -0.15) is 4.98 Å². The van der Waals surface area contributed by atoms with E-state index in [9.17, 15) is 0 Å². The smallest absolute Gasteiger partial charge is 0.223 e. The van der Waals surface area contributed by atoms with Gasteiger partial charge < -0.3 is 9.84 Å². The van der Waals surface area contributed by atoms with Gasteiger partial charge in [-0.05, 0) is 44.9 Å². The molecule has 0 amide bonds. The average Bonchev–Trinajstić information content (AvgIpc) is 2.73. The molecule has 2 aromatic rings. The van der Waals surface area contributed by atoms with Crippen LogP contribution >= 0.6 is 0 Å². The first-order valence-electron chi connectivity index (χ1n) is 6.94. The number of hydrogen-bond donors (Lipinski definition) is 1. The maximum absolute atomic E-state index is 4.96. The first kappa shape index (κ1) is 14.7. The van der Waals surface area contributed by atoms with E-state index < -0.39 is 0 Å². The van der Waals surface area contributed by atoms with Crippen molar-refractivity contribution in [1.82, 2.24) is 20.4 Å². The monoisotopic (exact) mass is 274 g/mol. The summed E-state index contributed by atoms with van der Waals surface area (Å²) in [4.78, 5) is 8.74. The lowest BCUT2D eigenvalue weighted by Gasteiger charge is -2.18. The lowest BCUT2D eigenvalue weighted by atomic mass is 10.0. The van der Waals surface area contributed by atoms with Crippen LogP contribution < -0.4 is 5.32 Å². The third-order valence-electron chi connectivity index (χ3n) is 3.39. The molecule has 0 aliphatic carbocycles. The largest absolute Gasteiger partial charge is 0.340 e. The Labute approximate surface area is 119 Å². The van der Waals surface area contributed by atoms with E-state index >= 15 is 0 Å².